The van der Waals surface area contributed by atoms with Crippen molar-refractivity contribution < 1.29 is 9.90 Å². The lowest BCUT2D eigenvalue weighted by atomic mass is 9.72. The summed E-state index contributed by atoms with van der Waals surface area (Å²) in [7, 11) is 0. The molecule has 1 fully saturated rings. The monoisotopic (exact) mass is 268 g/mol. The minimum Gasteiger partial charge on any atom is -0.481 e. The van der Waals surface area contributed by atoms with Gasteiger partial charge in [-0.2, -0.15) is 0 Å². The highest BCUT2D eigenvalue weighted by Gasteiger charge is 2.34. The summed E-state index contributed by atoms with van der Waals surface area (Å²) in [6.07, 6.45) is 2.67. The van der Waals surface area contributed by atoms with E-state index < -0.39 is 5.97 Å². The lowest BCUT2D eigenvalue weighted by Gasteiger charge is -2.32. The number of aliphatic carboxylic acids is 1. The third-order valence-electron chi connectivity index (χ3n) is 3.00. The van der Waals surface area contributed by atoms with Gasteiger partial charge in [-0.05, 0) is 42.9 Å². The van der Waals surface area contributed by atoms with Crippen molar-refractivity contribution in [3.63, 3.8) is 0 Å². The minimum atomic E-state index is -0.638. The third-order valence-corrected chi connectivity index (χ3v) is 3.49. The second-order valence-electron chi connectivity index (χ2n) is 4.21. The second-order valence-corrected chi connectivity index (χ2v) is 5.12. The summed E-state index contributed by atoms with van der Waals surface area (Å²) in [5.74, 6) is -0.178. The van der Waals surface area contributed by atoms with Gasteiger partial charge in [0.25, 0.3) is 0 Å². The zero-order chi connectivity index (χ0) is 10.8. The van der Waals surface area contributed by atoms with Crippen LogP contribution in [0.1, 0.15) is 18.4 Å². The molecular formula is C12H13BrO2. The highest BCUT2D eigenvalue weighted by Crippen LogP contribution is 2.36. The molecule has 1 aromatic rings. The van der Waals surface area contributed by atoms with Gasteiger partial charge < -0.3 is 5.11 Å². The van der Waals surface area contributed by atoms with E-state index in [0.29, 0.717) is 5.92 Å². The summed E-state index contributed by atoms with van der Waals surface area (Å²) in [6, 6.07) is 8.23. The maximum Gasteiger partial charge on any atom is 0.306 e. The molecule has 1 aliphatic rings. The molecule has 0 aliphatic heterocycles. The van der Waals surface area contributed by atoms with Crippen LogP contribution in [0.25, 0.3) is 0 Å². The molecule has 0 amide bonds. The Labute approximate surface area is 97.4 Å². The lowest BCUT2D eigenvalue weighted by molar-refractivity contribution is -0.146. The molecule has 0 unspecified atom stereocenters. The Kier molecular flexibility index (Phi) is 3.10. The molecule has 2 nitrogen and oxygen atoms in total. The van der Waals surface area contributed by atoms with Crippen molar-refractivity contribution >= 4 is 21.9 Å². The maximum absolute atomic E-state index is 10.6. The Morgan fingerprint density at radius 1 is 1.47 bits per heavy atom. The molecule has 2 rings (SSSR count). The molecule has 3 heteroatoms. The quantitative estimate of drug-likeness (QED) is 0.915. The highest BCUT2D eigenvalue weighted by molar-refractivity contribution is 9.10. The molecule has 0 spiro atoms. The molecular weight excluding hydrogens is 256 g/mol. The van der Waals surface area contributed by atoms with Crippen LogP contribution in [0.5, 0.6) is 0 Å². The highest BCUT2D eigenvalue weighted by atomic mass is 79.9. The summed E-state index contributed by atoms with van der Waals surface area (Å²) in [4.78, 5) is 10.6. The summed E-state index contributed by atoms with van der Waals surface area (Å²) >= 11 is 3.43. The minimum absolute atomic E-state index is 0.0952. The number of halogens is 1. The summed E-state index contributed by atoms with van der Waals surface area (Å²) in [5.41, 5.74) is 1.29. The van der Waals surface area contributed by atoms with E-state index in [4.69, 9.17) is 5.11 Å². The van der Waals surface area contributed by atoms with Gasteiger partial charge in [-0.15, -0.1) is 0 Å². The Morgan fingerprint density at radius 2 is 2.20 bits per heavy atom. The molecule has 0 atom stereocenters. The largest absolute Gasteiger partial charge is 0.481 e. The normalized spacial score (nSPS) is 24.6. The van der Waals surface area contributed by atoms with Gasteiger partial charge in [0.15, 0.2) is 0 Å². The van der Waals surface area contributed by atoms with Gasteiger partial charge in [0.1, 0.15) is 0 Å². The molecule has 80 valence electrons. The molecule has 0 radical (unpaired) electrons. The standard InChI is InChI=1S/C12H13BrO2/c13-11-3-1-2-8(7-11)4-9-5-10(6-9)12(14)15/h1-3,7,9-10H,4-6H2,(H,14,15). The first-order chi connectivity index (χ1) is 7.15. The number of carboxylic acids is 1. The molecule has 0 bridgehead atoms. The number of carboxylic acid groups (broad SMARTS) is 1. The van der Waals surface area contributed by atoms with Crippen molar-refractivity contribution in [3.8, 4) is 0 Å². The zero-order valence-corrected chi connectivity index (χ0v) is 9.90. The van der Waals surface area contributed by atoms with Crippen LogP contribution in [-0.4, -0.2) is 11.1 Å². The Hall–Kier alpha value is -0.830. The van der Waals surface area contributed by atoms with Crippen molar-refractivity contribution in [1.82, 2.24) is 0 Å². The molecule has 1 aliphatic carbocycles. The van der Waals surface area contributed by atoms with Gasteiger partial charge >= 0.3 is 5.97 Å². The van der Waals surface area contributed by atoms with Gasteiger partial charge in [0, 0.05) is 4.47 Å². The molecule has 0 aromatic heterocycles. The summed E-state index contributed by atoms with van der Waals surface area (Å²) in [6.45, 7) is 0. The smallest absolute Gasteiger partial charge is 0.306 e. The van der Waals surface area contributed by atoms with E-state index in [1.54, 1.807) is 0 Å². The SMILES string of the molecule is O=C(O)C1CC(Cc2cccc(Br)c2)C1. The van der Waals surface area contributed by atoms with Crippen LogP contribution in [0.2, 0.25) is 0 Å². The topological polar surface area (TPSA) is 37.3 Å². The van der Waals surface area contributed by atoms with Crippen molar-refractivity contribution in [3.05, 3.63) is 34.3 Å². The maximum atomic E-state index is 10.6. The van der Waals surface area contributed by atoms with E-state index in [0.717, 1.165) is 23.7 Å². The van der Waals surface area contributed by atoms with Crippen molar-refractivity contribution in [2.75, 3.05) is 0 Å². The Morgan fingerprint density at radius 3 is 2.80 bits per heavy atom. The fourth-order valence-electron chi connectivity index (χ4n) is 2.10. The number of carbonyl (C=O) groups is 1. The molecule has 1 saturated carbocycles. The van der Waals surface area contributed by atoms with E-state index in [2.05, 4.69) is 28.1 Å². The van der Waals surface area contributed by atoms with Gasteiger partial charge in [-0.25, -0.2) is 0 Å². The zero-order valence-electron chi connectivity index (χ0n) is 8.32. The molecule has 15 heavy (non-hydrogen) atoms. The van der Waals surface area contributed by atoms with Crippen LogP contribution in [0.3, 0.4) is 0 Å². The Balaban J connectivity index is 1.87. The van der Waals surface area contributed by atoms with E-state index in [-0.39, 0.29) is 5.92 Å². The molecule has 0 heterocycles. The van der Waals surface area contributed by atoms with Crippen LogP contribution >= 0.6 is 15.9 Å². The average Bonchev–Trinajstić information content (AvgIpc) is 2.10. The predicted molar refractivity (Wildman–Crippen MR) is 61.7 cm³/mol. The lowest BCUT2D eigenvalue weighted by Crippen LogP contribution is -2.31. The number of rotatable bonds is 3. The molecule has 1 aromatic carbocycles. The number of benzene rings is 1. The van der Waals surface area contributed by atoms with Crippen LogP contribution in [0, 0.1) is 11.8 Å². The first-order valence-corrected chi connectivity index (χ1v) is 5.91. The van der Waals surface area contributed by atoms with Crippen molar-refractivity contribution in [2.45, 2.75) is 19.3 Å². The predicted octanol–water partition coefficient (Wildman–Crippen LogP) is 3.10. The van der Waals surface area contributed by atoms with Crippen LogP contribution in [0.15, 0.2) is 28.7 Å². The first kappa shape index (κ1) is 10.7. The fourth-order valence-corrected chi connectivity index (χ4v) is 2.55. The van der Waals surface area contributed by atoms with Gasteiger partial charge in [0.05, 0.1) is 5.92 Å². The van der Waals surface area contributed by atoms with Gasteiger partial charge in [-0.1, -0.05) is 28.1 Å². The van der Waals surface area contributed by atoms with Gasteiger partial charge in [-0.3, -0.25) is 4.79 Å². The number of hydrogen-bond acceptors (Lipinski definition) is 1. The van der Waals surface area contributed by atoms with E-state index in [1.807, 2.05) is 12.1 Å². The van der Waals surface area contributed by atoms with E-state index in [1.165, 1.54) is 5.56 Å². The van der Waals surface area contributed by atoms with Crippen molar-refractivity contribution in [2.24, 2.45) is 11.8 Å². The van der Waals surface area contributed by atoms with Crippen LogP contribution < -0.4 is 0 Å². The van der Waals surface area contributed by atoms with E-state index >= 15 is 0 Å². The average molecular weight is 269 g/mol. The van der Waals surface area contributed by atoms with Crippen molar-refractivity contribution in [1.29, 1.82) is 0 Å². The first-order valence-electron chi connectivity index (χ1n) is 5.12. The Bertz CT molecular complexity index is 370. The molecule has 0 saturated heterocycles. The summed E-state index contributed by atoms with van der Waals surface area (Å²) < 4.78 is 1.09. The van der Waals surface area contributed by atoms with Crippen LogP contribution in [-0.2, 0) is 11.2 Å². The number of hydrogen-bond donors (Lipinski definition) is 1. The van der Waals surface area contributed by atoms with E-state index in [9.17, 15) is 4.79 Å². The van der Waals surface area contributed by atoms with Crippen LogP contribution in [0.4, 0.5) is 0 Å². The fraction of sp³-hybridized carbons (Fsp3) is 0.417. The summed E-state index contributed by atoms with van der Waals surface area (Å²) in [5, 5.41) is 8.75. The van der Waals surface area contributed by atoms with Gasteiger partial charge in [0.2, 0.25) is 0 Å². The molecule has 1 N–H and O–H groups in total. The third kappa shape index (κ3) is 2.59. The second kappa shape index (κ2) is 4.35.